The van der Waals surface area contributed by atoms with Crippen LogP contribution in [0.1, 0.15) is 0 Å². The lowest BCUT2D eigenvalue weighted by atomic mass is 10.3. The summed E-state index contributed by atoms with van der Waals surface area (Å²) in [6.45, 7) is 0. The van der Waals surface area contributed by atoms with E-state index >= 15 is 0 Å². The fourth-order valence-corrected chi connectivity index (χ4v) is 0.652. The van der Waals surface area contributed by atoms with E-state index in [1.54, 1.807) is 24.3 Å². The summed E-state index contributed by atoms with van der Waals surface area (Å²) in [7, 11) is 0. The van der Waals surface area contributed by atoms with E-state index in [0.717, 1.165) is 0 Å². The second-order valence-electron chi connectivity index (χ2n) is 1.76. The molecule has 0 atom stereocenters. The Morgan fingerprint density at radius 2 is 2.00 bits per heavy atom. The van der Waals surface area contributed by atoms with Crippen molar-refractivity contribution in [2.24, 2.45) is 0 Å². The van der Waals surface area contributed by atoms with E-state index in [0.29, 0.717) is 5.75 Å². The molecule has 0 fully saturated rings. The SMILES string of the molecule is ClC(Cl)=COc1cc[c]cc1. The van der Waals surface area contributed by atoms with Crippen molar-refractivity contribution in [1.29, 1.82) is 0 Å². The maximum absolute atomic E-state index is 5.32. The van der Waals surface area contributed by atoms with Gasteiger partial charge in [-0.15, -0.1) is 0 Å². The molecule has 57 valence electrons. The molecule has 0 saturated carbocycles. The lowest BCUT2D eigenvalue weighted by Crippen LogP contribution is -1.79. The van der Waals surface area contributed by atoms with Crippen molar-refractivity contribution in [3.63, 3.8) is 0 Å². The normalized spacial score (nSPS) is 8.91. The molecule has 0 heterocycles. The largest absolute Gasteiger partial charge is 0.463 e. The zero-order valence-corrected chi connectivity index (χ0v) is 7.06. The molecule has 0 aliphatic rings. The van der Waals surface area contributed by atoms with Crippen molar-refractivity contribution < 1.29 is 4.74 Å². The first-order valence-electron chi connectivity index (χ1n) is 2.93. The maximum Gasteiger partial charge on any atom is 0.141 e. The molecule has 0 saturated heterocycles. The topological polar surface area (TPSA) is 9.23 Å². The van der Waals surface area contributed by atoms with E-state index in [9.17, 15) is 0 Å². The third-order valence-corrected chi connectivity index (χ3v) is 1.15. The molecule has 0 amide bonds. The molecule has 0 unspecified atom stereocenters. The minimum atomic E-state index is 0.0952. The summed E-state index contributed by atoms with van der Waals surface area (Å²) in [5.41, 5.74) is 0. The summed E-state index contributed by atoms with van der Waals surface area (Å²) in [4.78, 5) is 0. The van der Waals surface area contributed by atoms with Crippen molar-refractivity contribution >= 4 is 23.2 Å². The van der Waals surface area contributed by atoms with E-state index in [-0.39, 0.29) is 4.49 Å². The van der Waals surface area contributed by atoms with Gasteiger partial charge < -0.3 is 4.74 Å². The molecular weight excluding hydrogens is 183 g/mol. The fourth-order valence-electron chi connectivity index (χ4n) is 0.563. The molecule has 0 N–H and O–H groups in total. The van der Waals surface area contributed by atoms with E-state index in [1.165, 1.54) is 6.26 Å². The third kappa shape index (κ3) is 3.30. The standard InChI is InChI=1S/C8H5Cl2O/c9-8(10)6-11-7-4-2-1-3-5-7/h2-6H. The minimum Gasteiger partial charge on any atom is -0.463 e. The van der Waals surface area contributed by atoms with Crippen molar-refractivity contribution in [3.05, 3.63) is 41.1 Å². The highest BCUT2D eigenvalue weighted by Crippen LogP contribution is 2.12. The van der Waals surface area contributed by atoms with Crippen molar-refractivity contribution in [3.8, 4) is 5.75 Å². The summed E-state index contributed by atoms with van der Waals surface area (Å²) in [6, 6.07) is 9.85. The average molecular weight is 188 g/mol. The predicted molar refractivity (Wildman–Crippen MR) is 45.7 cm³/mol. The first kappa shape index (κ1) is 8.44. The molecule has 1 radical (unpaired) electrons. The Hall–Kier alpha value is -0.660. The Balaban J connectivity index is 2.59. The molecule has 0 spiro atoms. The second kappa shape index (κ2) is 4.27. The van der Waals surface area contributed by atoms with Crippen molar-refractivity contribution in [2.75, 3.05) is 0 Å². The Labute approximate surface area is 75.2 Å². The summed E-state index contributed by atoms with van der Waals surface area (Å²) >= 11 is 10.6. The Morgan fingerprint density at radius 3 is 2.55 bits per heavy atom. The second-order valence-corrected chi connectivity index (χ2v) is 2.77. The summed E-state index contributed by atoms with van der Waals surface area (Å²) in [5.74, 6) is 0.683. The molecule has 0 aliphatic carbocycles. The number of benzene rings is 1. The van der Waals surface area contributed by atoms with Crippen LogP contribution in [0.4, 0.5) is 0 Å². The quantitative estimate of drug-likeness (QED) is 0.647. The van der Waals surface area contributed by atoms with Crippen LogP contribution in [0.25, 0.3) is 0 Å². The minimum absolute atomic E-state index is 0.0952. The van der Waals surface area contributed by atoms with E-state index in [4.69, 9.17) is 27.9 Å². The zero-order valence-electron chi connectivity index (χ0n) is 5.55. The first-order valence-corrected chi connectivity index (χ1v) is 3.68. The number of hydrogen-bond donors (Lipinski definition) is 0. The molecule has 0 aromatic heterocycles. The van der Waals surface area contributed by atoms with Crippen LogP contribution in [0.5, 0.6) is 5.75 Å². The lowest BCUT2D eigenvalue weighted by Gasteiger charge is -1.96. The van der Waals surface area contributed by atoms with Crippen LogP contribution in [-0.2, 0) is 0 Å². The summed E-state index contributed by atoms with van der Waals surface area (Å²) in [6.07, 6.45) is 1.26. The number of ether oxygens (including phenoxy) is 1. The van der Waals surface area contributed by atoms with Crippen LogP contribution >= 0.6 is 23.2 Å². The molecule has 1 rings (SSSR count). The molecule has 11 heavy (non-hydrogen) atoms. The molecule has 3 heteroatoms. The van der Waals surface area contributed by atoms with Gasteiger partial charge in [0.2, 0.25) is 0 Å². The van der Waals surface area contributed by atoms with Gasteiger partial charge in [0, 0.05) is 0 Å². The molecule has 0 bridgehead atoms. The smallest absolute Gasteiger partial charge is 0.141 e. The number of hydrogen-bond acceptors (Lipinski definition) is 1. The summed E-state index contributed by atoms with van der Waals surface area (Å²) in [5, 5.41) is 0. The maximum atomic E-state index is 5.32. The monoisotopic (exact) mass is 187 g/mol. The van der Waals surface area contributed by atoms with Gasteiger partial charge in [-0.25, -0.2) is 0 Å². The fraction of sp³-hybridized carbons (Fsp3) is 0. The summed E-state index contributed by atoms with van der Waals surface area (Å²) < 4.78 is 5.12. The van der Waals surface area contributed by atoms with Crippen LogP contribution in [0.3, 0.4) is 0 Å². The third-order valence-electron chi connectivity index (χ3n) is 0.972. The van der Waals surface area contributed by atoms with Gasteiger partial charge in [0.05, 0.1) is 0 Å². The van der Waals surface area contributed by atoms with Crippen LogP contribution in [-0.4, -0.2) is 0 Å². The van der Waals surface area contributed by atoms with Gasteiger partial charge in [-0.05, 0) is 18.2 Å². The average Bonchev–Trinajstić information content (AvgIpc) is 2.03. The first-order chi connectivity index (χ1) is 5.29. The highest BCUT2D eigenvalue weighted by Gasteiger charge is 1.87. The van der Waals surface area contributed by atoms with Gasteiger partial charge in [0.1, 0.15) is 16.5 Å². The van der Waals surface area contributed by atoms with Crippen LogP contribution in [0.2, 0.25) is 0 Å². The van der Waals surface area contributed by atoms with E-state index in [2.05, 4.69) is 6.07 Å². The van der Waals surface area contributed by atoms with Gasteiger partial charge in [0.25, 0.3) is 0 Å². The number of rotatable bonds is 2. The van der Waals surface area contributed by atoms with Crippen molar-refractivity contribution in [2.45, 2.75) is 0 Å². The van der Waals surface area contributed by atoms with Gasteiger partial charge in [-0.1, -0.05) is 35.3 Å². The molecule has 0 aliphatic heterocycles. The zero-order chi connectivity index (χ0) is 8.10. The van der Waals surface area contributed by atoms with Crippen molar-refractivity contribution in [1.82, 2.24) is 0 Å². The highest BCUT2D eigenvalue weighted by molar-refractivity contribution is 6.55. The Kier molecular flexibility index (Phi) is 3.27. The highest BCUT2D eigenvalue weighted by atomic mass is 35.5. The number of halogens is 2. The van der Waals surface area contributed by atoms with E-state index in [1.807, 2.05) is 0 Å². The van der Waals surface area contributed by atoms with Gasteiger partial charge in [-0.3, -0.25) is 0 Å². The van der Waals surface area contributed by atoms with Gasteiger partial charge in [-0.2, -0.15) is 0 Å². The van der Waals surface area contributed by atoms with Crippen LogP contribution < -0.4 is 4.74 Å². The van der Waals surface area contributed by atoms with Gasteiger partial charge >= 0.3 is 0 Å². The predicted octanol–water partition coefficient (Wildman–Crippen LogP) is 3.14. The molecule has 1 nitrogen and oxygen atoms in total. The molecule has 1 aromatic carbocycles. The van der Waals surface area contributed by atoms with Crippen LogP contribution in [0, 0.1) is 6.07 Å². The van der Waals surface area contributed by atoms with Crippen LogP contribution in [0.15, 0.2) is 35.0 Å². The molecule has 1 aromatic rings. The Bertz CT molecular complexity index is 240. The Morgan fingerprint density at radius 1 is 1.36 bits per heavy atom. The van der Waals surface area contributed by atoms with Gasteiger partial charge in [0.15, 0.2) is 0 Å². The van der Waals surface area contributed by atoms with E-state index < -0.39 is 0 Å². The lowest BCUT2D eigenvalue weighted by molar-refractivity contribution is 0.481. The molecular formula is C8H5Cl2O.